The predicted octanol–water partition coefficient (Wildman–Crippen LogP) is 6.88. The molecule has 1 fully saturated rings. The van der Waals surface area contributed by atoms with Gasteiger partial charge in [0.1, 0.15) is 23.3 Å². The van der Waals surface area contributed by atoms with Gasteiger partial charge >= 0.3 is 11.8 Å². The third-order valence-corrected chi connectivity index (χ3v) is 13.1. The third kappa shape index (κ3) is 11.4. The number of nitrogens with one attached hydrogen (secondary N) is 1. The maximum Gasteiger partial charge on any atom is 0.312 e. The number of aromatic hydroxyl groups is 1. The van der Waals surface area contributed by atoms with E-state index in [1.165, 1.54) is 40.4 Å². The van der Waals surface area contributed by atoms with Crippen LogP contribution in [0.4, 0.5) is 0 Å². The number of carbonyl (C=O) groups excluding carboxylic acids is 5. The summed E-state index contributed by atoms with van der Waals surface area (Å²) in [6.45, 7) is 28.2. The lowest BCUT2D eigenvalue weighted by Crippen LogP contribution is -2.49. The van der Waals surface area contributed by atoms with Crippen LogP contribution in [0.2, 0.25) is 0 Å². The summed E-state index contributed by atoms with van der Waals surface area (Å²) in [6.07, 6.45) is 6.57. The van der Waals surface area contributed by atoms with Crippen LogP contribution in [0.3, 0.4) is 0 Å². The molecular weight excluding hydrogens is 861 g/mol. The average Bonchev–Trinajstić information content (AvgIpc) is 3.53. The van der Waals surface area contributed by atoms with Crippen molar-refractivity contribution < 1.29 is 57.5 Å². The Morgan fingerprint density at radius 2 is 1.48 bits per heavy atom. The van der Waals surface area contributed by atoms with Gasteiger partial charge in [0.25, 0.3) is 11.7 Å². The number of nitrogens with zero attached hydrogens (tertiary/aromatic N) is 3. The fourth-order valence-corrected chi connectivity index (χ4v) is 9.42. The van der Waals surface area contributed by atoms with Crippen LogP contribution in [0.1, 0.15) is 127 Å². The Balaban J connectivity index is 1.69. The first-order valence-electron chi connectivity index (χ1n) is 23.5. The number of ketones is 3. The van der Waals surface area contributed by atoms with Crippen molar-refractivity contribution in [1.29, 1.82) is 0 Å². The second-order valence-electron chi connectivity index (χ2n) is 19.2. The first-order valence-corrected chi connectivity index (χ1v) is 23.5. The topological polar surface area (TPSA) is 192 Å². The number of piperazine rings is 1. The number of phenols is 1. The number of hydrogen-bond donors (Lipinski definition) is 2. The van der Waals surface area contributed by atoms with Crippen LogP contribution in [-0.2, 0) is 33.3 Å². The van der Waals surface area contributed by atoms with Crippen LogP contribution < -0.4 is 10.1 Å². The van der Waals surface area contributed by atoms with Crippen LogP contribution in [0.5, 0.6) is 11.5 Å². The molecule has 2 N–H and O–H groups in total. The molecule has 368 valence electrons. The van der Waals surface area contributed by atoms with Crippen LogP contribution in [0.25, 0.3) is 0 Å². The Labute approximate surface area is 395 Å². The summed E-state index contributed by atoms with van der Waals surface area (Å²) in [5.74, 6) is -7.87. The van der Waals surface area contributed by atoms with E-state index < -0.39 is 88.3 Å². The van der Waals surface area contributed by atoms with Crippen LogP contribution >= 0.6 is 0 Å². The maximum absolute atomic E-state index is 14.9. The lowest BCUT2D eigenvalue weighted by molar-refractivity contribution is -0.170. The highest BCUT2D eigenvalue weighted by molar-refractivity contribution is 6.37. The van der Waals surface area contributed by atoms with Gasteiger partial charge in [-0.1, -0.05) is 45.9 Å². The Hall–Kier alpha value is -5.16. The van der Waals surface area contributed by atoms with Gasteiger partial charge in [0.2, 0.25) is 5.78 Å². The second kappa shape index (κ2) is 21.9. The van der Waals surface area contributed by atoms with Crippen molar-refractivity contribution >= 4 is 35.4 Å². The highest BCUT2D eigenvalue weighted by atomic mass is 16.7. The molecule has 0 spiro atoms. The fourth-order valence-electron chi connectivity index (χ4n) is 9.42. The quantitative estimate of drug-likeness (QED) is 0.192. The molecule has 1 aromatic rings. The lowest BCUT2D eigenvalue weighted by Gasteiger charge is -2.42. The van der Waals surface area contributed by atoms with Gasteiger partial charge < -0.3 is 38.8 Å². The molecule has 4 heterocycles. The summed E-state index contributed by atoms with van der Waals surface area (Å²) in [6, 6.07) is 0.330. The van der Waals surface area contributed by atoms with Gasteiger partial charge in [-0.15, -0.1) is 0 Å². The third-order valence-electron chi connectivity index (χ3n) is 13.1. The standard InChI is InChI=1S/C51H72N4O12/c1-26(2)54-20-22-55(23-21-54)52-25-36-41-44(59)39-38(43(36)58)40-48(32(10)42(39)57)67-51(14,49(40)60)63-24-19-37(62-15)31(9)46(66-35(13)56)34(12)47(65-28(5)6)33(11)45(64-27(3)4)29(7)17-16-18-30(8)50(61)53-41/h16-19,24-29,31,33-34,37,45-47,57H,20-23H2,1-15H3,(H,53,61)/b17-16+,24-19+,30-18-,52-25+/t29-,31+,33+,34-,37-,45-,46+,47+,51-/m0/s1. The molecule has 0 saturated carbocycles. The monoisotopic (exact) mass is 933 g/mol. The number of allylic oxidation sites excluding steroid dienone is 4. The number of ether oxygens (including phenoxy) is 6. The summed E-state index contributed by atoms with van der Waals surface area (Å²) >= 11 is 0. The van der Waals surface area contributed by atoms with Gasteiger partial charge in [-0.3, -0.25) is 33.9 Å². The highest BCUT2D eigenvalue weighted by Gasteiger charge is 2.53. The largest absolute Gasteiger partial charge is 0.507 e. The average molecular weight is 933 g/mol. The maximum atomic E-state index is 14.9. The van der Waals surface area contributed by atoms with E-state index in [2.05, 4.69) is 29.2 Å². The van der Waals surface area contributed by atoms with E-state index in [0.717, 1.165) is 0 Å². The Kier molecular flexibility index (Phi) is 17.2. The van der Waals surface area contributed by atoms with Gasteiger partial charge in [0.05, 0.1) is 65.3 Å². The molecule has 16 nitrogen and oxygen atoms in total. The van der Waals surface area contributed by atoms with Crippen LogP contribution in [0.15, 0.2) is 52.5 Å². The molecule has 1 aliphatic carbocycles. The van der Waals surface area contributed by atoms with E-state index in [0.29, 0.717) is 32.2 Å². The molecule has 5 bridgehead atoms. The molecule has 0 radical (unpaired) electrons. The first kappa shape index (κ1) is 52.8. The van der Waals surface area contributed by atoms with E-state index in [9.17, 15) is 29.1 Å². The zero-order valence-electron chi connectivity index (χ0n) is 41.9. The minimum atomic E-state index is -2.07. The predicted molar refractivity (Wildman–Crippen MR) is 253 cm³/mol. The van der Waals surface area contributed by atoms with E-state index in [1.54, 1.807) is 30.2 Å². The van der Waals surface area contributed by atoms with Crippen molar-refractivity contribution in [2.75, 3.05) is 33.3 Å². The number of hydrazone groups is 1. The van der Waals surface area contributed by atoms with Gasteiger partial charge in [0, 0.05) is 88.0 Å². The fraction of sp³-hybridized carbons (Fsp3) is 0.608. The molecule has 4 aliphatic heterocycles. The number of rotatable bonds is 9. The summed E-state index contributed by atoms with van der Waals surface area (Å²) < 4.78 is 37.6. The van der Waals surface area contributed by atoms with Crippen molar-refractivity contribution in [2.45, 2.75) is 145 Å². The normalized spacial score (nSPS) is 31.0. The number of benzene rings is 1. The van der Waals surface area contributed by atoms with E-state index in [4.69, 9.17) is 28.4 Å². The van der Waals surface area contributed by atoms with E-state index in [1.807, 2.05) is 61.5 Å². The number of Topliss-reactive ketones (excluding diaryl/α,β-unsaturated/α-hetero) is 3. The number of hydrogen-bond acceptors (Lipinski definition) is 15. The molecular formula is C51H72N4O12. The van der Waals surface area contributed by atoms with Crippen LogP contribution in [0, 0.1) is 30.6 Å². The number of amides is 1. The van der Waals surface area contributed by atoms with Gasteiger partial charge in [-0.25, -0.2) is 0 Å². The van der Waals surface area contributed by atoms with E-state index in [-0.39, 0.29) is 57.6 Å². The van der Waals surface area contributed by atoms with Crippen molar-refractivity contribution in [3.63, 3.8) is 0 Å². The molecule has 16 heteroatoms. The minimum absolute atomic E-state index is 0.0139. The molecule has 1 amide bonds. The SMILES string of the molecule is CO[C@H]1/C=C/O[C@@]2(C)Oc3c(C)c(O)c4c(c3C2=O)C(=O)C(/C=N/N2CCN(C(C)C)CC2)=C(NC(=O)/C(C)=C\C=C\[C@H](C)[C@H](OC(C)C)[C@@H](C)[C@@H](OC(C)C)[C@@H](C)[C@H](OC(C)=O)[C@@H]1C)C4=O. The molecule has 9 atom stereocenters. The Morgan fingerprint density at radius 1 is 0.866 bits per heavy atom. The van der Waals surface area contributed by atoms with Crippen molar-refractivity contribution in [2.24, 2.45) is 28.8 Å². The number of phenolic OH excluding ortho intramolecular Hbond substituents is 1. The molecule has 1 saturated heterocycles. The molecule has 0 unspecified atom stereocenters. The second-order valence-corrected chi connectivity index (χ2v) is 19.2. The van der Waals surface area contributed by atoms with Crippen molar-refractivity contribution in [3.05, 3.63) is 69.7 Å². The van der Waals surface area contributed by atoms with Crippen molar-refractivity contribution in [3.8, 4) is 11.5 Å². The first-order chi connectivity index (χ1) is 31.4. The number of fused-ring (bicyclic) bond motifs is 14. The van der Waals surface area contributed by atoms with Gasteiger partial charge in [-0.2, -0.15) is 5.10 Å². The number of methoxy groups -OCH3 is 1. The molecule has 67 heavy (non-hydrogen) atoms. The van der Waals surface area contributed by atoms with Gasteiger partial charge in [0.15, 0.2) is 5.78 Å². The molecule has 6 rings (SSSR count). The molecule has 0 aromatic heterocycles. The van der Waals surface area contributed by atoms with E-state index >= 15 is 0 Å². The molecule has 1 aromatic carbocycles. The Morgan fingerprint density at radius 3 is 2.06 bits per heavy atom. The Bertz CT molecular complexity index is 2220. The zero-order chi connectivity index (χ0) is 49.8. The summed E-state index contributed by atoms with van der Waals surface area (Å²) in [7, 11) is 1.50. The van der Waals surface area contributed by atoms with Crippen molar-refractivity contribution in [1.82, 2.24) is 15.2 Å². The number of carbonyl (C=O) groups is 5. The summed E-state index contributed by atoms with van der Waals surface area (Å²) in [5.41, 5.74) is -1.55. The van der Waals surface area contributed by atoms with Gasteiger partial charge in [-0.05, 0) is 61.5 Å². The van der Waals surface area contributed by atoms with Crippen LogP contribution in [-0.4, -0.2) is 132 Å². The number of esters is 1. The minimum Gasteiger partial charge on any atom is -0.507 e. The molecule has 5 aliphatic rings. The zero-order valence-corrected chi connectivity index (χ0v) is 41.9. The lowest BCUT2D eigenvalue weighted by atomic mass is 9.78. The summed E-state index contributed by atoms with van der Waals surface area (Å²) in [4.78, 5) is 73.3. The smallest absolute Gasteiger partial charge is 0.312 e. The summed E-state index contributed by atoms with van der Waals surface area (Å²) in [5, 5.41) is 20.7. The highest BCUT2D eigenvalue weighted by Crippen LogP contribution is 2.48.